The molecule has 1 aliphatic heterocycles. The first kappa shape index (κ1) is 9.53. The maximum atomic E-state index is 3.71. The molecule has 0 radical (unpaired) electrons. The van der Waals surface area contributed by atoms with Crippen molar-refractivity contribution in [1.29, 1.82) is 0 Å². The van der Waals surface area contributed by atoms with Crippen LogP contribution in [0.4, 0.5) is 0 Å². The van der Waals surface area contributed by atoms with Gasteiger partial charge in [0.25, 0.3) is 0 Å². The number of thioether (sulfide) groups is 1. The summed E-state index contributed by atoms with van der Waals surface area (Å²) in [4.78, 5) is 0. The Balaban J connectivity index is 1.70. The molecule has 0 aromatic carbocycles. The third-order valence-corrected chi connectivity index (χ3v) is 5.94. The van der Waals surface area contributed by atoms with E-state index in [1.165, 1.54) is 57.2 Å². The molecule has 0 aromatic rings. The lowest BCUT2D eigenvalue weighted by Crippen LogP contribution is -2.49. The SMILES string of the molecule is C1CCC2(C1)CCC1NCCSC1C2. The van der Waals surface area contributed by atoms with Gasteiger partial charge in [-0.3, -0.25) is 0 Å². The zero-order valence-corrected chi connectivity index (χ0v) is 9.74. The molecule has 3 fully saturated rings. The first-order valence-electron chi connectivity index (χ1n) is 6.23. The van der Waals surface area contributed by atoms with Crippen LogP contribution in [0.2, 0.25) is 0 Å². The summed E-state index contributed by atoms with van der Waals surface area (Å²) in [5.41, 5.74) is 0.799. The van der Waals surface area contributed by atoms with Crippen LogP contribution in [0.15, 0.2) is 0 Å². The van der Waals surface area contributed by atoms with E-state index in [1.807, 2.05) is 0 Å². The first-order valence-corrected chi connectivity index (χ1v) is 7.28. The lowest BCUT2D eigenvalue weighted by atomic mass is 9.71. The molecule has 1 spiro atoms. The van der Waals surface area contributed by atoms with Gasteiger partial charge in [0.1, 0.15) is 0 Å². The average molecular weight is 211 g/mol. The highest BCUT2D eigenvalue weighted by molar-refractivity contribution is 8.00. The minimum Gasteiger partial charge on any atom is -0.312 e. The second-order valence-corrected chi connectivity index (χ2v) is 6.77. The van der Waals surface area contributed by atoms with Gasteiger partial charge in [0.2, 0.25) is 0 Å². The summed E-state index contributed by atoms with van der Waals surface area (Å²) in [5.74, 6) is 1.34. The summed E-state index contributed by atoms with van der Waals surface area (Å²) >= 11 is 2.25. The van der Waals surface area contributed by atoms with Crippen LogP contribution in [0.3, 0.4) is 0 Å². The number of hydrogen-bond donors (Lipinski definition) is 1. The molecule has 2 saturated carbocycles. The highest BCUT2D eigenvalue weighted by Crippen LogP contribution is 2.51. The van der Waals surface area contributed by atoms with Crippen LogP contribution in [-0.4, -0.2) is 23.6 Å². The largest absolute Gasteiger partial charge is 0.312 e. The van der Waals surface area contributed by atoms with Gasteiger partial charge in [-0.25, -0.2) is 0 Å². The van der Waals surface area contributed by atoms with Crippen molar-refractivity contribution in [2.75, 3.05) is 12.3 Å². The Morgan fingerprint density at radius 3 is 2.86 bits per heavy atom. The molecule has 1 heterocycles. The van der Waals surface area contributed by atoms with Gasteiger partial charge in [0.15, 0.2) is 0 Å². The summed E-state index contributed by atoms with van der Waals surface area (Å²) in [7, 11) is 0. The van der Waals surface area contributed by atoms with Crippen molar-refractivity contribution in [1.82, 2.24) is 5.32 Å². The zero-order valence-electron chi connectivity index (χ0n) is 8.93. The quantitative estimate of drug-likeness (QED) is 0.661. The molecule has 2 heteroatoms. The Kier molecular flexibility index (Phi) is 2.53. The van der Waals surface area contributed by atoms with Gasteiger partial charge < -0.3 is 5.32 Å². The molecule has 14 heavy (non-hydrogen) atoms. The van der Waals surface area contributed by atoms with Crippen molar-refractivity contribution < 1.29 is 0 Å². The summed E-state index contributed by atoms with van der Waals surface area (Å²) in [6.07, 6.45) is 10.6. The van der Waals surface area contributed by atoms with Crippen LogP contribution >= 0.6 is 11.8 Å². The summed E-state index contributed by atoms with van der Waals surface area (Å²) in [6.45, 7) is 1.25. The molecule has 80 valence electrons. The van der Waals surface area contributed by atoms with E-state index in [9.17, 15) is 0 Å². The molecule has 1 saturated heterocycles. The normalized spacial score (nSPS) is 41.1. The molecule has 1 N–H and O–H groups in total. The summed E-state index contributed by atoms with van der Waals surface area (Å²) in [6, 6.07) is 0.861. The van der Waals surface area contributed by atoms with Gasteiger partial charge >= 0.3 is 0 Å². The molecular formula is C12H21NS. The van der Waals surface area contributed by atoms with Crippen molar-refractivity contribution >= 4 is 11.8 Å². The Hall–Kier alpha value is 0.310. The maximum Gasteiger partial charge on any atom is 0.0206 e. The van der Waals surface area contributed by atoms with Gasteiger partial charge in [-0.1, -0.05) is 12.8 Å². The Labute approximate surface area is 91.4 Å². The highest BCUT2D eigenvalue weighted by Gasteiger charge is 2.43. The van der Waals surface area contributed by atoms with Crippen molar-refractivity contribution in [2.24, 2.45) is 5.41 Å². The second-order valence-electron chi connectivity index (χ2n) is 5.42. The van der Waals surface area contributed by atoms with Gasteiger partial charge in [0.05, 0.1) is 0 Å². The minimum absolute atomic E-state index is 0.799. The van der Waals surface area contributed by atoms with Gasteiger partial charge in [-0.05, 0) is 37.5 Å². The Morgan fingerprint density at radius 1 is 1.14 bits per heavy atom. The summed E-state index contributed by atoms with van der Waals surface area (Å²) < 4.78 is 0. The van der Waals surface area contributed by atoms with E-state index >= 15 is 0 Å². The van der Waals surface area contributed by atoms with Crippen molar-refractivity contribution in [3.63, 3.8) is 0 Å². The topological polar surface area (TPSA) is 12.0 Å². The molecule has 2 atom stereocenters. The lowest BCUT2D eigenvalue weighted by Gasteiger charge is -2.45. The fourth-order valence-corrected chi connectivity index (χ4v) is 5.24. The van der Waals surface area contributed by atoms with Crippen LogP contribution in [-0.2, 0) is 0 Å². The number of fused-ring (bicyclic) bond motifs is 1. The smallest absolute Gasteiger partial charge is 0.0206 e. The number of nitrogens with one attached hydrogen (secondary N) is 1. The third kappa shape index (κ3) is 1.61. The van der Waals surface area contributed by atoms with Crippen LogP contribution in [0.25, 0.3) is 0 Å². The van der Waals surface area contributed by atoms with Crippen molar-refractivity contribution in [2.45, 2.75) is 56.2 Å². The third-order valence-electron chi connectivity index (χ3n) is 4.57. The minimum atomic E-state index is 0.799. The molecule has 0 amide bonds. The fraction of sp³-hybridized carbons (Fsp3) is 1.00. The molecule has 3 aliphatic rings. The van der Waals surface area contributed by atoms with Crippen molar-refractivity contribution in [3.8, 4) is 0 Å². The first-order chi connectivity index (χ1) is 6.88. The monoisotopic (exact) mass is 211 g/mol. The van der Waals surface area contributed by atoms with Crippen LogP contribution in [0.5, 0.6) is 0 Å². The lowest BCUT2D eigenvalue weighted by molar-refractivity contribution is 0.173. The van der Waals surface area contributed by atoms with E-state index in [0.29, 0.717) is 0 Å². The second kappa shape index (κ2) is 3.71. The van der Waals surface area contributed by atoms with Gasteiger partial charge in [0, 0.05) is 23.6 Å². The predicted molar refractivity (Wildman–Crippen MR) is 62.8 cm³/mol. The van der Waals surface area contributed by atoms with E-state index in [1.54, 1.807) is 0 Å². The number of rotatable bonds is 0. The van der Waals surface area contributed by atoms with Crippen LogP contribution < -0.4 is 5.32 Å². The van der Waals surface area contributed by atoms with Crippen LogP contribution in [0, 0.1) is 5.41 Å². The molecule has 2 aliphatic carbocycles. The van der Waals surface area contributed by atoms with E-state index in [4.69, 9.17) is 0 Å². The Morgan fingerprint density at radius 2 is 2.00 bits per heavy atom. The number of hydrogen-bond acceptors (Lipinski definition) is 2. The van der Waals surface area contributed by atoms with E-state index in [0.717, 1.165) is 16.7 Å². The fourth-order valence-electron chi connectivity index (χ4n) is 3.76. The molecular weight excluding hydrogens is 190 g/mol. The Bertz CT molecular complexity index is 210. The molecule has 2 unspecified atom stereocenters. The highest BCUT2D eigenvalue weighted by atomic mass is 32.2. The predicted octanol–water partition coefficient (Wildman–Crippen LogP) is 2.80. The molecule has 0 aromatic heterocycles. The van der Waals surface area contributed by atoms with E-state index in [2.05, 4.69) is 17.1 Å². The van der Waals surface area contributed by atoms with E-state index in [-0.39, 0.29) is 0 Å². The standard InChI is InChI=1S/C12H21NS/c1-2-5-12(4-1)6-3-10-11(9-12)14-8-7-13-10/h10-11,13H,1-9H2. The summed E-state index contributed by atoms with van der Waals surface area (Å²) in [5, 5.41) is 4.66. The zero-order chi connectivity index (χ0) is 9.43. The van der Waals surface area contributed by atoms with E-state index < -0.39 is 0 Å². The maximum absolute atomic E-state index is 3.71. The van der Waals surface area contributed by atoms with Crippen LogP contribution in [0.1, 0.15) is 44.9 Å². The average Bonchev–Trinajstić information content (AvgIpc) is 2.66. The van der Waals surface area contributed by atoms with Gasteiger partial charge in [-0.15, -0.1) is 0 Å². The molecule has 3 rings (SSSR count). The molecule has 1 nitrogen and oxygen atoms in total. The van der Waals surface area contributed by atoms with Crippen molar-refractivity contribution in [3.05, 3.63) is 0 Å². The molecule has 0 bridgehead atoms. The van der Waals surface area contributed by atoms with Gasteiger partial charge in [-0.2, -0.15) is 11.8 Å².